The number of hydrogen-bond acceptors (Lipinski definition) is 8. The monoisotopic (exact) mass is 984 g/mol. The molecule has 0 aromatic heterocycles. The van der Waals surface area contributed by atoms with Gasteiger partial charge in [-0.2, -0.15) is 0 Å². The van der Waals surface area contributed by atoms with Crippen molar-refractivity contribution in [2.75, 3.05) is 33.4 Å². The van der Waals surface area contributed by atoms with Crippen molar-refractivity contribution < 1.29 is 33.3 Å². The van der Waals surface area contributed by atoms with Crippen LogP contribution in [0.1, 0.15) is 268 Å². The van der Waals surface area contributed by atoms with Gasteiger partial charge >= 0.3 is 11.9 Å². The van der Waals surface area contributed by atoms with Gasteiger partial charge < -0.3 is 28.6 Å². The first-order valence-corrected chi connectivity index (χ1v) is 30.3. The third-order valence-corrected chi connectivity index (χ3v) is 18.5. The number of fused-ring (bicyclic) bond motifs is 5. The minimum absolute atomic E-state index is 0.00134. The van der Waals surface area contributed by atoms with Crippen LogP contribution in [-0.2, 0) is 33.3 Å². The molecule has 0 spiro atoms. The number of carbonyl (C=O) groups is 2. The van der Waals surface area contributed by atoms with E-state index in [-0.39, 0.29) is 29.6 Å². The second-order valence-electron chi connectivity index (χ2n) is 24.6. The topological polar surface area (TPSA) is 83.5 Å². The van der Waals surface area contributed by atoms with Gasteiger partial charge in [0, 0.05) is 31.8 Å². The predicted octanol–water partition coefficient (Wildman–Crippen LogP) is 16.8. The minimum atomic E-state index is -0.752. The van der Waals surface area contributed by atoms with Gasteiger partial charge in [0.2, 0.25) is 0 Å². The quantitative estimate of drug-likeness (QED) is 0.0261. The predicted molar refractivity (Wildman–Crippen MR) is 291 cm³/mol. The van der Waals surface area contributed by atoms with Gasteiger partial charge in [0.05, 0.1) is 19.8 Å². The molecule has 8 heteroatoms. The van der Waals surface area contributed by atoms with Gasteiger partial charge in [-0.05, 0) is 164 Å². The number of esters is 2. The van der Waals surface area contributed by atoms with E-state index in [1.54, 1.807) is 5.57 Å². The summed E-state index contributed by atoms with van der Waals surface area (Å²) in [5.41, 5.74) is 2.35. The molecule has 70 heavy (non-hydrogen) atoms. The van der Waals surface area contributed by atoms with Crippen LogP contribution in [-0.4, -0.2) is 75.0 Å². The van der Waals surface area contributed by atoms with E-state index in [1.165, 1.54) is 116 Å². The summed E-state index contributed by atoms with van der Waals surface area (Å²) in [6.07, 6.45) is 38.7. The van der Waals surface area contributed by atoms with Gasteiger partial charge in [-0.15, -0.1) is 0 Å². The van der Waals surface area contributed by atoms with Crippen molar-refractivity contribution in [3.8, 4) is 0 Å². The summed E-state index contributed by atoms with van der Waals surface area (Å²) in [5.74, 6) is 4.87. The Kier molecular flexibility index (Phi) is 29.2. The molecule has 3 fully saturated rings. The molecule has 9 atom stereocenters. The molecule has 4 aliphatic carbocycles. The average molecular weight is 985 g/mol. The molecule has 0 amide bonds. The largest absolute Gasteiger partial charge is 0.462 e. The van der Waals surface area contributed by atoms with Gasteiger partial charge in [-0.1, -0.05) is 150 Å². The van der Waals surface area contributed by atoms with Crippen molar-refractivity contribution in [2.45, 2.75) is 293 Å². The van der Waals surface area contributed by atoms with Crippen LogP contribution in [0.5, 0.6) is 0 Å². The highest BCUT2D eigenvalue weighted by atomic mass is 16.8. The molecular weight excluding hydrogens is 871 g/mol. The van der Waals surface area contributed by atoms with E-state index in [4.69, 9.17) is 23.7 Å². The van der Waals surface area contributed by atoms with E-state index in [2.05, 4.69) is 80.3 Å². The molecule has 0 N–H and O–H groups in total. The molecule has 0 heterocycles. The van der Waals surface area contributed by atoms with Crippen molar-refractivity contribution in [2.24, 2.45) is 46.3 Å². The molecule has 0 bridgehead atoms. The Morgan fingerprint density at radius 2 is 1.24 bits per heavy atom. The third kappa shape index (κ3) is 20.7. The number of nitrogens with zero attached hydrogens (tertiary/aromatic N) is 1. The SMILES string of the molecule is CCCCCCCCC(CCCCCCCC)OC(=O)CCCCCOC(OCCCCC(=O)OC1CCC2(C)C(=CCC3C2CCC2(C)C(C(C)CCCC(C)C)CCC32)C1)OCCN(C)C(C)C. The van der Waals surface area contributed by atoms with Crippen molar-refractivity contribution in [1.82, 2.24) is 4.90 Å². The Morgan fingerprint density at radius 1 is 0.643 bits per heavy atom. The van der Waals surface area contributed by atoms with Crippen LogP contribution < -0.4 is 0 Å². The minimum Gasteiger partial charge on any atom is -0.462 e. The highest BCUT2D eigenvalue weighted by molar-refractivity contribution is 5.69. The van der Waals surface area contributed by atoms with Gasteiger partial charge in [-0.25, -0.2) is 0 Å². The van der Waals surface area contributed by atoms with E-state index in [0.29, 0.717) is 50.5 Å². The Balaban J connectivity index is 1.14. The summed E-state index contributed by atoms with van der Waals surface area (Å²) in [6.45, 7) is 22.9. The molecule has 4 rings (SSSR count). The molecule has 9 unspecified atom stereocenters. The normalized spacial score (nSPS) is 26.3. The van der Waals surface area contributed by atoms with Crippen molar-refractivity contribution >= 4 is 11.9 Å². The number of rotatable bonds is 39. The number of carbonyl (C=O) groups excluding carboxylic acids is 2. The van der Waals surface area contributed by atoms with E-state index >= 15 is 0 Å². The maximum Gasteiger partial charge on any atom is 0.306 e. The maximum atomic E-state index is 13.2. The van der Waals surface area contributed by atoms with Crippen LogP contribution in [0.4, 0.5) is 0 Å². The zero-order valence-corrected chi connectivity index (χ0v) is 47.6. The van der Waals surface area contributed by atoms with Crippen LogP contribution in [0.25, 0.3) is 0 Å². The maximum absolute atomic E-state index is 13.2. The van der Waals surface area contributed by atoms with Crippen LogP contribution >= 0.6 is 0 Å². The lowest BCUT2D eigenvalue weighted by molar-refractivity contribution is -0.289. The van der Waals surface area contributed by atoms with Crippen LogP contribution in [0.3, 0.4) is 0 Å². The Labute approximate surface area is 432 Å². The molecule has 8 nitrogen and oxygen atoms in total. The van der Waals surface area contributed by atoms with E-state index in [9.17, 15) is 9.59 Å². The molecule has 0 aromatic rings. The number of allylic oxidation sites excluding steroid dienone is 1. The lowest BCUT2D eigenvalue weighted by Gasteiger charge is -2.58. The summed E-state index contributed by atoms with van der Waals surface area (Å²) in [4.78, 5) is 28.4. The highest BCUT2D eigenvalue weighted by Crippen LogP contribution is 2.67. The first kappa shape index (κ1) is 61.1. The zero-order valence-electron chi connectivity index (χ0n) is 47.6. The fourth-order valence-electron chi connectivity index (χ4n) is 13.8. The third-order valence-electron chi connectivity index (χ3n) is 18.5. The van der Waals surface area contributed by atoms with Crippen molar-refractivity contribution in [3.63, 3.8) is 0 Å². The van der Waals surface area contributed by atoms with E-state index < -0.39 is 6.48 Å². The van der Waals surface area contributed by atoms with E-state index in [1.807, 2.05) is 0 Å². The first-order chi connectivity index (χ1) is 33.7. The van der Waals surface area contributed by atoms with Crippen LogP contribution in [0.15, 0.2) is 11.6 Å². The fraction of sp³-hybridized carbons (Fsp3) is 0.935. The average Bonchev–Trinajstić information content (AvgIpc) is 3.69. The van der Waals surface area contributed by atoms with Gasteiger partial charge in [0.25, 0.3) is 6.48 Å². The smallest absolute Gasteiger partial charge is 0.306 e. The second kappa shape index (κ2) is 33.4. The summed E-state index contributed by atoms with van der Waals surface area (Å²) in [7, 11) is 2.10. The molecule has 3 saturated carbocycles. The van der Waals surface area contributed by atoms with Crippen LogP contribution in [0.2, 0.25) is 0 Å². The molecule has 0 aliphatic heterocycles. The molecule has 408 valence electrons. The first-order valence-electron chi connectivity index (χ1n) is 30.3. The standard InChI is InChI=1S/C62H113NO7/c1-11-13-15-17-19-22-31-52(32-23-20-18-16-14-12-2)69-58(64)33-24-21-26-44-66-60(68-46-43-63(10)49(5)6)67-45-27-25-34-59(65)70-53-39-41-61(8)51(47-53)35-36-54-56-38-37-55(50(7)30-28-29-48(3)4)62(56,9)42-40-57(54)61/h35,48-50,52-57,60H,11-34,36-47H2,1-10H3. The summed E-state index contributed by atoms with van der Waals surface area (Å²) < 4.78 is 30.6. The van der Waals surface area contributed by atoms with Gasteiger partial charge in [0.1, 0.15) is 12.2 Å². The number of hydrogen-bond donors (Lipinski definition) is 0. The molecule has 0 aromatic carbocycles. The summed E-state index contributed by atoms with van der Waals surface area (Å²) in [6, 6.07) is 0.424. The van der Waals surface area contributed by atoms with Gasteiger partial charge in [-0.3, -0.25) is 9.59 Å². The number of ether oxygens (including phenoxy) is 5. The Morgan fingerprint density at radius 3 is 1.90 bits per heavy atom. The van der Waals surface area contributed by atoms with Crippen molar-refractivity contribution in [3.05, 3.63) is 11.6 Å². The van der Waals surface area contributed by atoms with Crippen molar-refractivity contribution in [1.29, 1.82) is 0 Å². The Bertz CT molecular complexity index is 1430. The zero-order chi connectivity index (χ0) is 50.8. The van der Waals surface area contributed by atoms with E-state index in [0.717, 1.165) is 113 Å². The summed E-state index contributed by atoms with van der Waals surface area (Å²) in [5, 5.41) is 0. The van der Waals surface area contributed by atoms with Crippen LogP contribution in [0, 0.1) is 46.3 Å². The lowest BCUT2D eigenvalue weighted by Crippen LogP contribution is -2.51. The summed E-state index contributed by atoms with van der Waals surface area (Å²) >= 11 is 0. The molecule has 4 aliphatic rings. The Hall–Kier alpha value is -1.48. The highest BCUT2D eigenvalue weighted by Gasteiger charge is 2.59. The molecule has 0 radical (unpaired) electrons. The van der Waals surface area contributed by atoms with Gasteiger partial charge in [0.15, 0.2) is 0 Å². The molecule has 0 saturated heterocycles. The second-order valence-corrected chi connectivity index (χ2v) is 24.6. The number of likely N-dealkylation sites (N-methyl/N-ethyl adjacent to an activating group) is 1. The lowest BCUT2D eigenvalue weighted by atomic mass is 9.47. The number of unbranched alkanes of at least 4 members (excludes halogenated alkanes) is 13. The fourth-order valence-corrected chi connectivity index (χ4v) is 13.8. The molecular formula is C62H113NO7.